The van der Waals surface area contributed by atoms with Gasteiger partial charge >= 0.3 is 5.97 Å². The number of fused-ring (bicyclic) bond motifs is 1. The second-order valence-electron chi connectivity index (χ2n) is 9.50. The molecule has 39 heavy (non-hydrogen) atoms. The fourth-order valence-electron chi connectivity index (χ4n) is 5.02. The van der Waals surface area contributed by atoms with E-state index in [0.717, 1.165) is 41.7 Å². The Balaban J connectivity index is 1.33. The smallest absolute Gasteiger partial charge is 0.306 e. The van der Waals surface area contributed by atoms with Crippen LogP contribution in [0.15, 0.2) is 76.7 Å². The molecule has 2 aliphatic rings. The van der Waals surface area contributed by atoms with Crippen LogP contribution in [0.25, 0.3) is 6.08 Å². The van der Waals surface area contributed by atoms with Gasteiger partial charge in [-0.3, -0.25) is 14.4 Å². The number of Topliss-reactive ketones (excluding diaryl/α,β-unsaturated/α-hetero) is 1. The molecule has 2 atom stereocenters. The van der Waals surface area contributed by atoms with E-state index < -0.39 is 18.5 Å². The Kier molecular flexibility index (Phi) is 8.60. The van der Waals surface area contributed by atoms with Gasteiger partial charge in [0.15, 0.2) is 12.4 Å². The van der Waals surface area contributed by atoms with Gasteiger partial charge in [-0.25, -0.2) is 5.01 Å². The summed E-state index contributed by atoms with van der Waals surface area (Å²) < 4.78 is 5.28. The Morgan fingerprint density at radius 2 is 1.72 bits per heavy atom. The molecule has 0 bridgehead atoms. The summed E-state index contributed by atoms with van der Waals surface area (Å²) in [6.45, 7) is -0.449. The molecule has 200 valence electrons. The summed E-state index contributed by atoms with van der Waals surface area (Å²) in [6.07, 6.45) is 4.73. The predicted octanol–water partition coefficient (Wildman–Crippen LogP) is 7.38. The Hall–Kier alpha value is -3.26. The van der Waals surface area contributed by atoms with Crippen molar-refractivity contribution in [2.45, 2.75) is 38.1 Å². The van der Waals surface area contributed by atoms with Gasteiger partial charge in [0.1, 0.15) is 0 Å². The molecule has 1 fully saturated rings. The molecule has 5 rings (SSSR count). The highest BCUT2D eigenvalue weighted by molar-refractivity contribution is 7.12. The van der Waals surface area contributed by atoms with E-state index >= 15 is 0 Å². The SMILES string of the molecule is O=C(CCC(=O)c1cccs1)OCC(=O)N1N=C2/C(=C\c3ccc(Cl)cc3)CCC[C@H]2[C@@H]1c1ccc(Cl)cc1. The molecule has 9 heteroatoms. The number of hydrazone groups is 1. The number of carbonyl (C=O) groups excluding carboxylic acids is 3. The number of nitrogens with zero attached hydrogens (tertiary/aromatic N) is 2. The molecule has 0 radical (unpaired) electrons. The lowest BCUT2D eigenvalue weighted by molar-refractivity contribution is -0.153. The Morgan fingerprint density at radius 1 is 1.00 bits per heavy atom. The van der Waals surface area contributed by atoms with E-state index in [4.69, 9.17) is 33.0 Å². The molecule has 1 aliphatic carbocycles. The van der Waals surface area contributed by atoms with Crippen LogP contribution in [0, 0.1) is 5.92 Å². The standard InChI is InChI=1S/C30H26Cl2N2O4S/c31-22-10-6-19(7-11-22)17-21-3-1-4-24-29(21)33-34(30(24)20-8-12-23(32)13-9-20)27(36)18-38-28(37)15-14-25(35)26-5-2-16-39-26/h2,5-13,16-17,24,30H,1,3-4,14-15,18H2/b21-17-/t24-,30+/m1/s1. The lowest BCUT2D eigenvalue weighted by atomic mass is 9.77. The number of carbonyl (C=O) groups is 3. The van der Waals surface area contributed by atoms with E-state index in [0.29, 0.717) is 14.9 Å². The van der Waals surface area contributed by atoms with Crippen molar-refractivity contribution in [2.75, 3.05) is 6.61 Å². The monoisotopic (exact) mass is 580 g/mol. The Labute approximate surface area is 240 Å². The normalized spacial score (nSPS) is 19.5. The van der Waals surface area contributed by atoms with Gasteiger partial charge in [0.25, 0.3) is 5.91 Å². The molecule has 1 saturated carbocycles. The molecule has 0 saturated heterocycles. The number of rotatable bonds is 8. The van der Waals surface area contributed by atoms with Gasteiger partial charge < -0.3 is 4.74 Å². The molecule has 2 heterocycles. The summed E-state index contributed by atoms with van der Waals surface area (Å²) in [5.74, 6) is -1.13. The highest BCUT2D eigenvalue weighted by atomic mass is 35.5. The molecule has 0 spiro atoms. The first kappa shape index (κ1) is 27.3. The lowest BCUT2D eigenvalue weighted by Gasteiger charge is -2.29. The first-order valence-corrected chi connectivity index (χ1v) is 14.4. The largest absolute Gasteiger partial charge is 0.455 e. The minimum Gasteiger partial charge on any atom is -0.455 e. The number of amides is 1. The molecule has 1 amide bonds. The van der Waals surface area contributed by atoms with Crippen LogP contribution in [-0.2, 0) is 14.3 Å². The average Bonchev–Trinajstić information content (AvgIpc) is 3.61. The van der Waals surface area contributed by atoms with E-state index in [9.17, 15) is 14.4 Å². The van der Waals surface area contributed by atoms with Crippen LogP contribution < -0.4 is 0 Å². The fraction of sp³-hybridized carbons (Fsp3) is 0.267. The lowest BCUT2D eigenvalue weighted by Crippen LogP contribution is -2.34. The van der Waals surface area contributed by atoms with Gasteiger partial charge in [-0.1, -0.05) is 53.5 Å². The van der Waals surface area contributed by atoms with E-state index in [1.807, 2.05) is 41.8 Å². The minimum absolute atomic E-state index is 0.00143. The molecular formula is C30H26Cl2N2O4S. The molecule has 3 aromatic rings. The zero-order valence-corrected chi connectivity index (χ0v) is 23.3. The number of ketones is 1. The van der Waals surface area contributed by atoms with Crippen LogP contribution in [0.5, 0.6) is 0 Å². The summed E-state index contributed by atoms with van der Waals surface area (Å²) in [5, 5.41) is 9.34. The Morgan fingerprint density at radius 3 is 2.41 bits per heavy atom. The molecule has 0 N–H and O–H groups in total. The van der Waals surface area contributed by atoms with Crippen LogP contribution in [-0.4, -0.2) is 35.0 Å². The van der Waals surface area contributed by atoms with Crippen LogP contribution >= 0.6 is 34.5 Å². The summed E-state index contributed by atoms with van der Waals surface area (Å²) in [5.41, 5.74) is 3.87. The highest BCUT2D eigenvalue weighted by Gasteiger charge is 2.43. The second kappa shape index (κ2) is 12.3. The number of benzene rings is 2. The third kappa shape index (κ3) is 6.49. The van der Waals surface area contributed by atoms with Crippen molar-refractivity contribution in [2.24, 2.45) is 11.0 Å². The van der Waals surface area contributed by atoms with Crippen molar-refractivity contribution in [1.82, 2.24) is 5.01 Å². The zero-order valence-electron chi connectivity index (χ0n) is 21.0. The topological polar surface area (TPSA) is 76.0 Å². The van der Waals surface area contributed by atoms with Crippen LogP contribution in [0.3, 0.4) is 0 Å². The molecule has 1 aliphatic heterocycles. The minimum atomic E-state index is -0.594. The summed E-state index contributed by atoms with van der Waals surface area (Å²) in [7, 11) is 0. The van der Waals surface area contributed by atoms with Crippen LogP contribution in [0.2, 0.25) is 10.0 Å². The summed E-state index contributed by atoms with van der Waals surface area (Å²) in [4.78, 5) is 38.5. The number of ether oxygens (including phenoxy) is 1. The molecule has 0 unspecified atom stereocenters. The first-order chi connectivity index (χ1) is 18.9. The molecule has 2 aromatic carbocycles. The number of esters is 1. The number of halogens is 2. The van der Waals surface area contributed by atoms with E-state index in [-0.39, 0.29) is 30.6 Å². The van der Waals surface area contributed by atoms with Crippen LogP contribution in [0.1, 0.15) is 58.9 Å². The molecular weight excluding hydrogens is 555 g/mol. The van der Waals surface area contributed by atoms with E-state index in [1.165, 1.54) is 16.3 Å². The average molecular weight is 582 g/mol. The van der Waals surface area contributed by atoms with Gasteiger partial charge in [-0.15, -0.1) is 11.3 Å². The van der Waals surface area contributed by atoms with Crippen molar-refractivity contribution < 1.29 is 19.1 Å². The Bertz CT molecular complexity index is 1420. The van der Waals surface area contributed by atoms with Gasteiger partial charge in [0.2, 0.25) is 0 Å². The number of hydrogen-bond donors (Lipinski definition) is 0. The maximum atomic E-state index is 13.4. The first-order valence-electron chi connectivity index (χ1n) is 12.7. The number of hydrogen-bond acceptors (Lipinski definition) is 6. The second-order valence-corrected chi connectivity index (χ2v) is 11.3. The van der Waals surface area contributed by atoms with Crippen LogP contribution in [0.4, 0.5) is 0 Å². The molecule has 6 nitrogen and oxygen atoms in total. The molecule has 1 aromatic heterocycles. The van der Waals surface area contributed by atoms with Gasteiger partial charge in [0, 0.05) is 22.4 Å². The maximum Gasteiger partial charge on any atom is 0.306 e. The van der Waals surface area contributed by atoms with Crippen molar-refractivity contribution in [1.29, 1.82) is 0 Å². The highest BCUT2D eigenvalue weighted by Crippen LogP contribution is 2.44. The maximum absolute atomic E-state index is 13.4. The zero-order chi connectivity index (χ0) is 27.4. The third-order valence-corrected chi connectivity index (χ3v) is 8.30. The number of thiophene rings is 1. The van der Waals surface area contributed by atoms with Crippen molar-refractivity contribution in [3.63, 3.8) is 0 Å². The van der Waals surface area contributed by atoms with E-state index in [2.05, 4.69) is 6.08 Å². The quantitative estimate of drug-likeness (QED) is 0.205. The van der Waals surface area contributed by atoms with Gasteiger partial charge in [-0.05, 0) is 77.8 Å². The number of allylic oxidation sites excluding steroid dienone is 1. The van der Waals surface area contributed by atoms with Gasteiger partial charge in [-0.2, -0.15) is 5.10 Å². The van der Waals surface area contributed by atoms with E-state index in [1.54, 1.807) is 24.3 Å². The summed E-state index contributed by atoms with van der Waals surface area (Å²) in [6, 6.07) is 18.2. The third-order valence-electron chi connectivity index (χ3n) is 6.89. The fourth-order valence-corrected chi connectivity index (χ4v) is 5.96. The van der Waals surface area contributed by atoms with Crippen molar-refractivity contribution in [3.8, 4) is 0 Å². The van der Waals surface area contributed by atoms with Crippen molar-refractivity contribution in [3.05, 3.63) is 97.7 Å². The summed E-state index contributed by atoms with van der Waals surface area (Å²) >= 11 is 13.5. The predicted molar refractivity (Wildman–Crippen MR) is 154 cm³/mol. The van der Waals surface area contributed by atoms with Gasteiger partial charge in [0.05, 0.1) is 23.1 Å². The van der Waals surface area contributed by atoms with Crippen molar-refractivity contribution >= 4 is 64.0 Å².